The van der Waals surface area contributed by atoms with E-state index in [9.17, 15) is 0 Å². The SMILES string of the molecule is OC[C@@H]1O[C@H]1c1cccc(Br)c1. The minimum atomic E-state index is 0.0132. The lowest BCUT2D eigenvalue weighted by atomic mass is 10.1. The molecule has 3 heteroatoms. The Morgan fingerprint density at radius 3 is 2.92 bits per heavy atom. The summed E-state index contributed by atoms with van der Waals surface area (Å²) in [7, 11) is 0. The Balaban J connectivity index is 2.14. The van der Waals surface area contributed by atoms with E-state index in [1.165, 1.54) is 0 Å². The Morgan fingerprint density at radius 2 is 2.33 bits per heavy atom. The fraction of sp³-hybridized carbons (Fsp3) is 0.333. The standard InChI is InChI=1S/C9H9BrO2/c10-7-3-1-2-6(4-7)9-8(5-11)12-9/h1-4,8-9,11H,5H2/t8-,9-/m0/s1. The van der Waals surface area contributed by atoms with Crippen molar-refractivity contribution < 1.29 is 9.84 Å². The van der Waals surface area contributed by atoms with Crippen LogP contribution < -0.4 is 0 Å². The van der Waals surface area contributed by atoms with Gasteiger partial charge in [-0.05, 0) is 17.7 Å². The number of hydrogen-bond acceptors (Lipinski definition) is 2. The molecule has 12 heavy (non-hydrogen) atoms. The quantitative estimate of drug-likeness (QED) is 0.785. The Bertz CT molecular complexity index is 288. The Labute approximate surface area is 79.3 Å². The van der Waals surface area contributed by atoms with E-state index in [2.05, 4.69) is 15.9 Å². The highest BCUT2D eigenvalue weighted by Gasteiger charge is 2.39. The van der Waals surface area contributed by atoms with Gasteiger partial charge in [0.25, 0.3) is 0 Å². The molecule has 1 aliphatic rings. The molecular formula is C9H9BrO2. The molecule has 2 atom stereocenters. The third kappa shape index (κ3) is 1.53. The number of aliphatic hydroxyl groups is 1. The maximum absolute atomic E-state index is 8.77. The molecule has 1 aromatic carbocycles. The van der Waals surface area contributed by atoms with Crippen molar-refractivity contribution in [1.29, 1.82) is 0 Å². The second kappa shape index (κ2) is 3.17. The monoisotopic (exact) mass is 228 g/mol. The fourth-order valence-corrected chi connectivity index (χ4v) is 1.68. The number of epoxide rings is 1. The van der Waals surface area contributed by atoms with Crippen molar-refractivity contribution in [2.24, 2.45) is 0 Å². The van der Waals surface area contributed by atoms with Crippen molar-refractivity contribution in [2.45, 2.75) is 12.2 Å². The first-order valence-electron chi connectivity index (χ1n) is 3.83. The molecule has 1 N–H and O–H groups in total. The molecule has 0 amide bonds. The van der Waals surface area contributed by atoms with Crippen LogP contribution in [0.25, 0.3) is 0 Å². The summed E-state index contributed by atoms with van der Waals surface area (Å²) in [5.74, 6) is 0. The maximum Gasteiger partial charge on any atom is 0.112 e. The van der Waals surface area contributed by atoms with Gasteiger partial charge in [-0.3, -0.25) is 0 Å². The number of hydrogen-bond donors (Lipinski definition) is 1. The van der Waals surface area contributed by atoms with E-state index in [1.54, 1.807) is 0 Å². The molecule has 1 fully saturated rings. The molecule has 0 spiro atoms. The summed E-state index contributed by atoms with van der Waals surface area (Å²) in [4.78, 5) is 0. The van der Waals surface area contributed by atoms with E-state index >= 15 is 0 Å². The van der Waals surface area contributed by atoms with E-state index in [0.717, 1.165) is 10.0 Å². The average molecular weight is 229 g/mol. The van der Waals surface area contributed by atoms with Gasteiger partial charge in [0, 0.05) is 4.47 Å². The lowest BCUT2D eigenvalue weighted by Gasteiger charge is -1.95. The van der Waals surface area contributed by atoms with Crippen LogP contribution in [0.5, 0.6) is 0 Å². The molecule has 2 nitrogen and oxygen atoms in total. The summed E-state index contributed by atoms with van der Waals surface area (Å²) in [6.07, 6.45) is 0.117. The number of benzene rings is 1. The van der Waals surface area contributed by atoms with Gasteiger partial charge in [0.2, 0.25) is 0 Å². The number of aliphatic hydroxyl groups excluding tert-OH is 1. The molecule has 0 aliphatic carbocycles. The fourth-order valence-electron chi connectivity index (χ4n) is 1.26. The van der Waals surface area contributed by atoms with Crippen LogP contribution >= 0.6 is 15.9 Å². The van der Waals surface area contributed by atoms with Crippen LogP contribution in [0.3, 0.4) is 0 Å². The molecule has 0 aromatic heterocycles. The topological polar surface area (TPSA) is 32.8 Å². The largest absolute Gasteiger partial charge is 0.394 e. The molecular weight excluding hydrogens is 220 g/mol. The van der Waals surface area contributed by atoms with Gasteiger partial charge < -0.3 is 9.84 Å². The molecule has 2 rings (SSSR count). The minimum Gasteiger partial charge on any atom is -0.394 e. The smallest absolute Gasteiger partial charge is 0.112 e. The summed E-state index contributed by atoms with van der Waals surface area (Å²) < 4.78 is 6.28. The minimum absolute atomic E-state index is 0.0132. The van der Waals surface area contributed by atoms with Crippen molar-refractivity contribution in [3.8, 4) is 0 Å². The van der Waals surface area contributed by atoms with Gasteiger partial charge in [0.1, 0.15) is 12.2 Å². The number of halogens is 1. The summed E-state index contributed by atoms with van der Waals surface area (Å²) in [6, 6.07) is 7.96. The van der Waals surface area contributed by atoms with Gasteiger partial charge in [-0.15, -0.1) is 0 Å². The second-order valence-electron chi connectivity index (χ2n) is 2.83. The molecule has 64 valence electrons. The third-order valence-electron chi connectivity index (χ3n) is 1.94. The Kier molecular flexibility index (Phi) is 2.17. The third-order valence-corrected chi connectivity index (χ3v) is 2.43. The lowest BCUT2D eigenvalue weighted by molar-refractivity contribution is 0.242. The highest BCUT2D eigenvalue weighted by molar-refractivity contribution is 9.10. The first-order chi connectivity index (χ1) is 5.81. The van der Waals surface area contributed by atoms with Crippen LogP contribution in [-0.4, -0.2) is 17.8 Å². The van der Waals surface area contributed by atoms with Gasteiger partial charge in [-0.25, -0.2) is 0 Å². The predicted octanol–water partition coefficient (Wildman–Crippen LogP) is 1.88. The summed E-state index contributed by atoms with van der Waals surface area (Å²) >= 11 is 3.38. The molecule has 0 saturated carbocycles. The molecule has 1 heterocycles. The van der Waals surface area contributed by atoms with Crippen molar-refractivity contribution in [3.05, 3.63) is 34.3 Å². The highest BCUT2D eigenvalue weighted by atomic mass is 79.9. The maximum atomic E-state index is 8.77. The number of rotatable bonds is 2. The van der Waals surface area contributed by atoms with Gasteiger partial charge in [0.15, 0.2) is 0 Å². The Morgan fingerprint density at radius 1 is 1.50 bits per heavy atom. The zero-order valence-electron chi connectivity index (χ0n) is 6.40. The summed E-state index contributed by atoms with van der Waals surface area (Å²) in [5.41, 5.74) is 1.13. The second-order valence-corrected chi connectivity index (χ2v) is 3.75. The van der Waals surface area contributed by atoms with E-state index in [-0.39, 0.29) is 18.8 Å². The molecule has 1 aliphatic heterocycles. The van der Waals surface area contributed by atoms with Gasteiger partial charge in [-0.1, -0.05) is 28.1 Å². The molecule has 0 bridgehead atoms. The summed E-state index contributed by atoms with van der Waals surface area (Å²) in [5, 5.41) is 8.77. The number of ether oxygens (including phenoxy) is 1. The van der Waals surface area contributed by atoms with Crippen LogP contribution in [0.4, 0.5) is 0 Å². The molecule has 1 aromatic rings. The lowest BCUT2D eigenvalue weighted by Crippen LogP contribution is -1.94. The van der Waals surface area contributed by atoms with Crippen LogP contribution in [0.15, 0.2) is 28.7 Å². The van der Waals surface area contributed by atoms with Gasteiger partial charge in [-0.2, -0.15) is 0 Å². The zero-order valence-corrected chi connectivity index (χ0v) is 7.99. The van der Waals surface area contributed by atoms with Crippen LogP contribution in [0, 0.1) is 0 Å². The van der Waals surface area contributed by atoms with E-state index in [0.29, 0.717) is 0 Å². The van der Waals surface area contributed by atoms with Crippen LogP contribution in [0.1, 0.15) is 11.7 Å². The normalized spacial score (nSPS) is 27.2. The highest BCUT2D eigenvalue weighted by Crippen LogP contribution is 2.38. The first-order valence-corrected chi connectivity index (χ1v) is 4.62. The van der Waals surface area contributed by atoms with Crippen LogP contribution in [0.2, 0.25) is 0 Å². The van der Waals surface area contributed by atoms with E-state index in [1.807, 2.05) is 24.3 Å². The first kappa shape index (κ1) is 8.23. The van der Waals surface area contributed by atoms with Crippen molar-refractivity contribution in [3.63, 3.8) is 0 Å². The zero-order chi connectivity index (χ0) is 8.55. The summed E-state index contributed by atoms with van der Waals surface area (Å²) in [6.45, 7) is 0.108. The van der Waals surface area contributed by atoms with Crippen LogP contribution in [-0.2, 0) is 4.74 Å². The average Bonchev–Trinajstić information content (AvgIpc) is 2.83. The van der Waals surface area contributed by atoms with Crippen molar-refractivity contribution in [1.82, 2.24) is 0 Å². The van der Waals surface area contributed by atoms with Gasteiger partial charge >= 0.3 is 0 Å². The van der Waals surface area contributed by atoms with Gasteiger partial charge in [0.05, 0.1) is 6.61 Å². The van der Waals surface area contributed by atoms with Crippen molar-refractivity contribution >= 4 is 15.9 Å². The predicted molar refractivity (Wildman–Crippen MR) is 48.8 cm³/mol. The Hall–Kier alpha value is -0.380. The molecule has 1 saturated heterocycles. The van der Waals surface area contributed by atoms with E-state index < -0.39 is 0 Å². The van der Waals surface area contributed by atoms with E-state index in [4.69, 9.17) is 9.84 Å². The molecule has 0 unspecified atom stereocenters. The van der Waals surface area contributed by atoms with Crippen molar-refractivity contribution in [2.75, 3.05) is 6.61 Å². The molecule has 0 radical (unpaired) electrons.